The minimum atomic E-state index is -0.880. The lowest BCUT2D eigenvalue weighted by molar-refractivity contribution is -0.173. The van der Waals surface area contributed by atoms with Crippen LogP contribution in [0.1, 0.15) is 97.3 Å². The van der Waals surface area contributed by atoms with E-state index in [2.05, 4.69) is 20.4 Å². The first kappa shape index (κ1) is 24.2. The van der Waals surface area contributed by atoms with Crippen molar-refractivity contribution in [1.29, 1.82) is 0 Å². The first-order chi connectivity index (χ1) is 12.1. The Bertz CT molecular complexity index is 340. The second-order valence-electron chi connectivity index (χ2n) is 7.30. The van der Waals surface area contributed by atoms with Crippen LogP contribution in [-0.4, -0.2) is 25.8 Å². The Balaban J connectivity index is 3.91. The number of carbonyl (C=O) groups excluding carboxylic acids is 1. The summed E-state index contributed by atoms with van der Waals surface area (Å²) in [5.74, 6) is -0.160. The van der Waals surface area contributed by atoms with E-state index in [1.54, 1.807) is 13.2 Å². The fourth-order valence-electron chi connectivity index (χ4n) is 3.59. The van der Waals surface area contributed by atoms with E-state index in [1.165, 1.54) is 71.3 Å². The minimum Gasteiger partial charge on any atom is -0.467 e. The summed E-state index contributed by atoms with van der Waals surface area (Å²) in [6, 6.07) is 0. The monoisotopic (exact) mass is 354 g/mol. The van der Waals surface area contributed by atoms with E-state index < -0.39 is 5.60 Å². The average Bonchev–Trinajstić information content (AvgIpc) is 2.63. The minimum absolute atomic E-state index is 0.126. The summed E-state index contributed by atoms with van der Waals surface area (Å²) >= 11 is 0. The maximum absolute atomic E-state index is 12.2. The van der Waals surface area contributed by atoms with Crippen molar-refractivity contribution in [3.63, 3.8) is 0 Å². The van der Waals surface area contributed by atoms with Crippen LogP contribution in [0.25, 0.3) is 0 Å². The van der Waals surface area contributed by atoms with E-state index in [0.717, 1.165) is 12.8 Å². The van der Waals surface area contributed by atoms with Crippen molar-refractivity contribution in [1.82, 2.24) is 0 Å². The van der Waals surface area contributed by atoms with Gasteiger partial charge in [0.15, 0.2) is 5.60 Å². The van der Waals surface area contributed by atoms with Crippen LogP contribution in [0, 0.1) is 5.92 Å². The molecular weight excluding hydrogens is 312 g/mol. The number of hydrogen-bond donors (Lipinski definition) is 0. The molecule has 0 N–H and O–H groups in total. The summed E-state index contributed by atoms with van der Waals surface area (Å²) in [5, 5.41) is 0. The van der Waals surface area contributed by atoms with Gasteiger partial charge in [0.2, 0.25) is 0 Å². The van der Waals surface area contributed by atoms with Crippen molar-refractivity contribution >= 4 is 5.97 Å². The third-order valence-corrected chi connectivity index (χ3v) is 5.38. The van der Waals surface area contributed by atoms with E-state index in [-0.39, 0.29) is 11.9 Å². The molecule has 2 atom stereocenters. The summed E-state index contributed by atoms with van der Waals surface area (Å²) in [7, 11) is 3.02. The number of hydrogen-bond acceptors (Lipinski definition) is 3. The van der Waals surface area contributed by atoms with Crippen LogP contribution in [0.15, 0.2) is 12.7 Å². The first-order valence-corrected chi connectivity index (χ1v) is 10.3. The third-order valence-electron chi connectivity index (χ3n) is 5.38. The largest absolute Gasteiger partial charge is 0.467 e. The van der Waals surface area contributed by atoms with Gasteiger partial charge >= 0.3 is 5.97 Å². The van der Waals surface area contributed by atoms with E-state index in [0.29, 0.717) is 6.42 Å². The van der Waals surface area contributed by atoms with Crippen molar-refractivity contribution in [2.24, 2.45) is 5.92 Å². The molecular formula is C22H42O3. The molecule has 0 aliphatic carbocycles. The van der Waals surface area contributed by atoms with Gasteiger partial charge in [-0.1, -0.05) is 90.6 Å². The van der Waals surface area contributed by atoms with Gasteiger partial charge in [-0.05, 0) is 12.3 Å². The highest BCUT2D eigenvalue weighted by molar-refractivity contribution is 5.80. The van der Waals surface area contributed by atoms with E-state index in [1.807, 2.05) is 0 Å². The topological polar surface area (TPSA) is 35.5 Å². The van der Waals surface area contributed by atoms with E-state index in [9.17, 15) is 4.79 Å². The van der Waals surface area contributed by atoms with Crippen LogP contribution >= 0.6 is 0 Å². The van der Waals surface area contributed by atoms with Crippen molar-refractivity contribution < 1.29 is 14.3 Å². The number of ether oxygens (including phenoxy) is 2. The van der Waals surface area contributed by atoms with Crippen LogP contribution < -0.4 is 0 Å². The molecule has 0 saturated heterocycles. The zero-order valence-electron chi connectivity index (χ0n) is 17.3. The number of unbranched alkanes of at least 4 members (excludes halogenated alkanes) is 10. The van der Waals surface area contributed by atoms with Crippen molar-refractivity contribution in [3.05, 3.63) is 12.7 Å². The lowest BCUT2D eigenvalue weighted by Crippen LogP contribution is -2.47. The van der Waals surface area contributed by atoms with Gasteiger partial charge in [0.05, 0.1) is 7.11 Å². The molecule has 148 valence electrons. The second-order valence-corrected chi connectivity index (χ2v) is 7.30. The van der Waals surface area contributed by atoms with E-state index in [4.69, 9.17) is 9.47 Å². The smallest absolute Gasteiger partial charge is 0.338 e. The van der Waals surface area contributed by atoms with Gasteiger partial charge in [-0.15, -0.1) is 6.58 Å². The van der Waals surface area contributed by atoms with Crippen molar-refractivity contribution in [3.8, 4) is 0 Å². The summed E-state index contributed by atoms with van der Waals surface area (Å²) in [5.41, 5.74) is -0.880. The summed E-state index contributed by atoms with van der Waals surface area (Å²) in [6.07, 6.45) is 17.9. The van der Waals surface area contributed by atoms with Gasteiger partial charge in [-0.2, -0.15) is 0 Å². The van der Waals surface area contributed by atoms with Crippen LogP contribution in [0.2, 0.25) is 0 Å². The van der Waals surface area contributed by atoms with Crippen LogP contribution in [0.3, 0.4) is 0 Å². The molecule has 0 amide bonds. The molecule has 3 heteroatoms. The lowest BCUT2D eigenvalue weighted by Gasteiger charge is -2.34. The summed E-state index contributed by atoms with van der Waals surface area (Å²) < 4.78 is 10.6. The third kappa shape index (κ3) is 9.44. The molecule has 0 bridgehead atoms. The molecule has 0 heterocycles. The number of esters is 1. The maximum atomic E-state index is 12.2. The average molecular weight is 355 g/mol. The predicted molar refractivity (Wildman–Crippen MR) is 107 cm³/mol. The van der Waals surface area contributed by atoms with Gasteiger partial charge in [-0.25, -0.2) is 4.79 Å². The molecule has 0 aliphatic rings. The molecule has 25 heavy (non-hydrogen) atoms. The maximum Gasteiger partial charge on any atom is 0.338 e. The fraction of sp³-hybridized carbons (Fsp3) is 0.864. The molecule has 0 fully saturated rings. The Labute approximate surface area is 156 Å². The Kier molecular flexibility index (Phi) is 14.9. The quantitative estimate of drug-likeness (QED) is 0.171. The zero-order valence-corrected chi connectivity index (χ0v) is 17.3. The first-order valence-electron chi connectivity index (χ1n) is 10.3. The molecule has 0 rings (SSSR count). The zero-order chi connectivity index (χ0) is 19.0. The highest BCUT2D eigenvalue weighted by Gasteiger charge is 2.43. The van der Waals surface area contributed by atoms with Gasteiger partial charge in [0.1, 0.15) is 0 Å². The highest BCUT2D eigenvalue weighted by atomic mass is 16.6. The molecule has 0 aromatic heterocycles. The van der Waals surface area contributed by atoms with Crippen LogP contribution in [0.5, 0.6) is 0 Å². The molecule has 3 nitrogen and oxygen atoms in total. The predicted octanol–water partition coefficient (Wildman–Crippen LogP) is 6.46. The number of methoxy groups -OCH3 is 2. The molecule has 2 unspecified atom stereocenters. The van der Waals surface area contributed by atoms with E-state index >= 15 is 0 Å². The Morgan fingerprint density at radius 1 is 0.960 bits per heavy atom. The number of rotatable bonds is 17. The van der Waals surface area contributed by atoms with Crippen molar-refractivity contribution in [2.45, 2.75) is 103 Å². The van der Waals surface area contributed by atoms with Crippen LogP contribution in [0.4, 0.5) is 0 Å². The fourth-order valence-corrected chi connectivity index (χ4v) is 3.59. The standard InChI is InChI=1S/C22H42O3/c1-6-8-9-10-11-12-13-14-15-16-17-18-20(3)22(25-5,19-7-2)21(23)24-4/h7,20H,2,6,8-19H2,1,3-5H3. The molecule has 0 saturated carbocycles. The molecule has 0 aromatic carbocycles. The summed E-state index contributed by atoms with van der Waals surface area (Å²) in [6.45, 7) is 8.11. The molecule has 0 aromatic rings. The van der Waals surface area contributed by atoms with Gasteiger partial charge in [0, 0.05) is 13.5 Å². The van der Waals surface area contributed by atoms with Crippen LogP contribution in [-0.2, 0) is 14.3 Å². The summed E-state index contributed by atoms with van der Waals surface area (Å²) in [4.78, 5) is 12.2. The van der Waals surface area contributed by atoms with Gasteiger partial charge in [-0.3, -0.25) is 0 Å². The van der Waals surface area contributed by atoms with Gasteiger partial charge < -0.3 is 9.47 Å². The lowest BCUT2D eigenvalue weighted by atomic mass is 9.82. The Hall–Kier alpha value is -0.830. The Morgan fingerprint density at radius 3 is 1.84 bits per heavy atom. The van der Waals surface area contributed by atoms with Gasteiger partial charge in [0.25, 0.3) is 0 Å². The molecule has 0 aliphatic heterocycles. The SMILES string of the molecule is C=CCC(OC)(C(=O)OC)C(C)CCCCCCCCCCCCC. The molecule has 0 spiro atoms. The number of carbonyl (C=O) groups is 1. The Morgan fingerprint density at radius 2 is 1.44 bits per heavy atom. The van der Waals surface area contributed by atoms with Crippen molar-refractivity contribution in [2.75, 3.05) is 14.2 Å². The highest BCUT2D eigenvalue weighted by Crippen LogP contribution is 2.31. The second kappa shape index (κ2) is 15.4. The normalized spacial score (nSPS) is 14.7. The molecule has 0 radical (unpaired) electrons.